The zero-order valence-electron chi connectivity index (χ0n) is 15.0. The quantitative estimate of drug-likeness (QED) is 0.543. The fourth-order valence-corrected chi connectivity index (χ4v) is 5.87. The van der Waals surface area contributed by atoms with Crippen molar-refractivity contribution in [2.75, 3.05) is 18.1 Å². The van der Waals surface area contributed by atoms with Crippen LogP contribution in [0.3, 0.4) is 0 Å². The summed E-state index contributed by atoms with van der Waals surface area (Å²) in [7, 11) is -3.04. The number of sulfone groups is 1. The highest BCUT2D eigenvalue weighted by Gasteiger charge is 2.32. The molecule has 2 amide bonds. The largest absolute Gasteiger partial charge is 0.352 e. The number of carbonyl (C=O) groups is 2. The summed E-state index contributed by atoms with van der Waals surface area (Å²) in [6, 6.07) is 9.39. The van der Waals surface area contributed by atoms with Gasteiger partial charge in [0.05, 0.1) is 16.4 Å². The van der Waals surface area contributed by atoms with Crippen LogP contribution in [-0.2, 0) is 19.4 Å². The molecular weight excluding hydrogens is 416 g/mol. The summed E-state index contributed by atoms with van der Waals surface area (Å²) in [5, 5.41) is 2.72. The highest BCUT2D eigenvalue weighted by atomic mass is 32.2. The molecule has 1 unspecified atom stereocenters. The molecule has 2 saturated heterocycles. The van der Waals surface area contributed by atoms with E-state index in [1.807, 2.05) is 36.4 Å². The molecule has 0 radical (unpaired) electrons. The number of hydrogen-bond acceptors (Lipinski definition) is 6. The van der Waals surface area contributed by atoms with E-state index in [0.717, 1.165) is 5.56 Å². The second kappa shape index (κ2) is 9.02. The average Bonchev–Trinajstić information content (AvgIpc) is 3.12. The molecule has 6 nitrogen and oxygen atoms in total. The Balaban J connectivity index is 1.51. The fraction of sp³-hybridized carbons (Fsp3) is 0.316. The number of benzene rings is 1. The number of allylic oxidation sites excluding steroid dienone is 2. The van der Waals surface area contributed by atoms with Gasteiger partial charge in [-0.1, -0.05) is 66.5 Å². The molecule has 0 spiro atoms. The monoisotopic (exact) mass is 436 g/mol. The number of thioether (sulfide) groups is 1. The zero-order valence-corrected chi connectivity index (χ0v) is 17.5. The molecule has 3 rings (SSSR count). The van der Waals surface area contributed by atoms with Crippen molar-refractivity contribution in [2.45, 2.75) is 18.9 Å². The van der Waals surface area contributed by atoms with Gasteiger partial charge in [-0.3, -0.25) is 14.5 Å². The Kier molecular flexibility index (Phi) is 6.69. The predicted molar refractivity (Wildman–Crippen MR) is 115 cm³/mol. The van der Waals surface area contributed by atoms with Crippen LogP contribution in [0.15, 0.2) is 47.4 Å². The molecule has 2 aliphatic heterocycles. The van der Waals surface area contributed by atoms with Gasteiger partial charge in [0, 0.05) is 19.0 Å². The van der Waals surface area contributed by atoms with Crippen molar-refractivity contribution < 1.29 is 18.0 Å². The third kappa shape index (κ3) is 5.52. The molecular formula is C19H20N2O4S3. The summed E-state index contributed by atoms with van der Waals surface area (Å²) < 4.78 is 23.3. The summed E-state index contributed by atoms with van der Waals surface area (Å²) in [6.45, 7) is 0.176. The molecule has 2 aliphatic rings. The molecule has 1 N–H and O–H groups in total. The van der Waals surface area contributed by atoms with Crippen molar-refractivity contribution in [3.63, 3.8) is 0 Å². The lowest BCUT2D eigenvalue weighted by Crippen LogP contribution is -2.38. The topological polar surface area (TPSA) is 83.6 Å². The Morgan fingerprint density at radius 1 is 1.32 bits per heavy atom. The van der Waals surface area contributed by atoms with Gasteiger partial charge in [0.25, 0.3) is 5.91 Å². The summed E-state index contributed by atoms with van der Waals surface area (Å²) in [5.41, 5.74) is 1.03. The molecule has 28 heavy (non-hydrogen) atoms. The number of nitrogens with one attached hydrogen (secondary N) is 1. The normalized spacial score (nSPS) is 23.1. The number of amides is 2. The number of rotatable bonds is 6. The van der Waals surface area contributed by atoms with Gasteiger partial charge in [-0.05, 0) is 18.1 Å². The minimum Gasteiger partial charge on any atom is -0.352 e. The summed E-state index contributed by atoms with van der Waals surface area (Å²) >= 11 is 6.46. The smallest absolute Gasteiger partial charge is 0.266 e. The maximum atomic E-state index is 12.5. The Labute approximate surface area is 174 Å². The molecule has 1 aromatic carbocycles. The van der Waals surface area contributed by atoms with Gasteiger partial charge in [-0.25, -0.2) is 8.42 Å². The van der Waals surface area contributed by atoms with Gasteiger partial charge in [-0.15, -0.1) is 0 Å². The van der Waals surface area contributed by atoms with Crippen LogP contribution >= 0.6 is 24.0 Å². The van der Waals surface area contributed by atoms with Crippen molar-refractivity contribution in [3.05, 3.63) is 53.0 Å². The number of thiocarbonyl (C=S) groups is 1. The first-order valence-corrected chi connectivity index (χ1v) is 11.9. The maximum absolute atomic E-state index is 12.5. The van der Waals surface area contributed by atoms with Crippen molar-refractivity contribution in [1.29, 1.82) is 0 Å². The minimum atomic E-state index is -3.04. The van der Waals surface area contributed by atoms with Crippen LogP contribution in [0.5, 0.6) is 0 Å². The number of hydrogen-bond donors (Lipinski definition) is 1. The maximum Gasteiger partial charge on any atom is 0.266 e. The Hall–Kier alpha value is -1.97. The molecule has 0 aliphatic carbocycles. The highest BCUT2D eigenvalue weighted by Crippen LogP contribution is 2.31. The lowest BCUT2D eigenvalue weighted by molar-refractivity contribution is -0.124. The van der Waals surface area contributed by atoms with E-state index in [0.29, 0.717) is 15.6 Å². The average molecular weight is 437 g/mol. The van der Waals surface area contributed by atoms with Gasteiger partial charge < -0.3 is 5.32 Å². The highest BCUT2D eigenvalue weighted by molar-refractivity contribution is 8.26. The fourth-order valence-electron chi connectivity index (χ4n) is 2.94. The second-order valence-electron chi connectivity index (χ2n) is 6.54. The van der Waals surface area contributed by atoms with E-state index in [2.05, 4.69) is 5.32 Å². The van der Waals surface area contributed by atoms with E-state index in [1.54, 1.807) is 12.2 Å². The van der Waals surface area contributed by atoms with Crippen LogP contribution in [0.25, 0.3) is 6.08 Å². The SMILES string of the molecule is O=C(CCN1C(=O)/C(=C\C=C\c2ccccc2)SC1=S)NC1CCS(=O)(=O)C1. The molecule has 0 saturated carbocycles. The van der Waals surface area contributed by atoms with Gasteiger partial charge >= 0.3 is 0 Å². The van der Waals surface area contributed by atoms with Crippen LogP contribution in [0.1, 0.15) is 18.4 Å². The molecule has 2 fully saturated rings. The van der Waals surface area contributed by atoms with Gasteiger partial charge in [0.2, 0.25) is 5.91 Å². The summed E-state index contributed by atoms with van der Waals surface area (Å²) in [5.74, 6) is -0.405. The van der Waals surface area contributed by atoms with Crippen LogP contribution in [0, 0.1) is 0 Å². The van der Waals surface area contributed by atoms with E-state index >= 15 is 0 Å². The van der Waals surface area contributed by atoms with E-state index in [1.165, 1.54) is 16.7 Å². The molecule has 0 bridgehead atoms. The Morgan fingerprint density at radius 3 is 2.75 bits per heavy atom. The second-order valence-corrected chi connectivity index (χ2v) is 10.4. The van der Waals surface area contributed by atoms with E-state index in [9.17, 15) is 18.0 Å². The third-order valence-corrected chi connectivity index (χ3v) is 7.53. The van der Waals surface area contributed by atoms with Crippen molar-refractivity contribution in [1.82, 2.24) is 10.2 Å². The first-order chi connectivity index (χ1) is 13.3. The van der Waals surface area contributed by atoms with E-state index in [-0.39, 0.29) is 42.3 Å². The van der Waals surface area contributed by atoms with Crippen molar-refractivity contribution >= 4 is 56.0 Å². The minimum absolute atomic E-state index is 0.0176. The molecule has 9 heteroatoms. The molecule has 1 aromatic rings. The molecule has 148 valence electrons. The predicted octanol–water partition coefficient (Wildman–Crippen LogP) is 2.14. The van der Waals surface area contributed by atoms with E-state index in [4.69, 9.17) is 12.2 Å². The van der Waals surface area contributed by atoms with Gasteiger partial charge in [0.15, 0.2) is 9.84 Å². The standard InChI is InChI=1S/C19H20N2O4S3/c22-17(20-15-10-12-28(24,25)13-15)9-11-21-18(23)16(27-19(21)26)8-4-7-14-5-2-1-3-6-14/h1-8,15H,9-13H2,(H,20,22)/b7-4+,16-8+. The Morgan fingerprint density at radius 2 is 2.07 bits per heavy atom. The first-order valence-electron chi connectivity index (χ1n) is 8.81. The van der Waals surface area contributed by atoms with Crippen molar-refractivity contribution in [3.8, 4) is 0 Å². The van der Waals surface area contributed by atoms with Crippen LogP contribution < -0.4 is 5.32 Å². The van der Waals surface area contributed by atoms with Crippen LogP contribution in [0.4, 0.5) is 0 Å². The summed E-state index contributed by atoms with van der Waals surface area (Å²) in [6.07, 6.45) is 5.93. The van der Waals surface area contributed by atoms with Crippen LogP contribution in [-0.4, -0.2) is 53.5 Å². The lowest BCUT2D eigenvalue weighted by atomic mass is 10.2. The van der Waals surface area contributed by atoms with Crippen molar-refractivity contribution in [2.24, 2.45) is 0 Å². The molecule has 1 atom stereocenters. The molecule has 2 heterocycles. The zero-order chi connectivity index (χ0) is 20.1. The van der Waals surface area contributed by atoms with Crippen LogP contribution in [0.2, 0.25) is 0 Å². The van der Waals surface area contributed by atoms with Gasteiger partial charge in [0.1, 0.15) is 4.32 Å². The number of carbonyl (C=O) groups excluding carboxylic acids is 2. The first kappa shape index (κ1) is 20.8. The summed E-state index contributed by atoms with van der Waals surface area (Å²) in [4.78, 5) is 26.5. The van der Waals surface area contributed by atoms with E-state index < -0.39 is 9.84 Å². The van der Waals surface area contributed by atoms with Gasteiger partial charge in [-0.2, -0.15) is 0 Å². The molecule has 0 aromatic heterocycles. The lowest BCUT2D eigenvalue weighted by Gasteiger charge is -2.15. The number of nitrogens with zero attached hydrogens (tertiary/aromatic N) is 1. The Bertz CT molecular complexity index is 939. The third-order valence-electron chi connectivity index (χ3n) is 4.37.